The number of hydrogen-bond acceptors (Lipinski definition) is 3. The number of rotatable bonds is 2. The van der Waals surface area contributed by atoms with E-state index in [2.05, 4.69) is 69.2 Å². The normalized spacial score (nSPS) is 21.6. The summed E-state index contributed by atoms with van der Waals surface area (Å²) < 4.78 is 0. The number of fused-ring (bicyclic) bond motifs is 2. The summed E-state index contributed by atoms with van der Waals surface area (Å²) >= 11 is 3.68. The molecule has 1 fully saturated rings. The number of aromatic nitrogens is 1. The van der Waals surface area contributed by atoms with Crippen molar-refractivity contribution in [3.8, 4) is 0 Å². The molecule has 1 saturated heterocycles. The van der Waals surface area contributed by atoms with Crippen LogP contribution in [0.25, 0.3) is 11.6 Å². The molecule has 2 aliphatic rings. The van der Waals surface area contributed by atoms with Gasteiger partial charge in [0.2, 0.25) is 0 Å². The van der Waals surface area contributed by atoms with Crippen LogP contribution >= 0.6 is 15.9 Å². The molecule has 2 aromatic rings. The van der Waals surface area contributed by atoms with Gasteiger partial charge >= 0.3 is 0 Å². The number of pyridine rings is 1. The summed E-state index contributed by atoms with van der Waals surface area (Å²) in [5, 5.41) is 0.855. The lowest BCUT2D eigenvalue weighted by atomic mass is 9.94. The average molecular weight is 384 g/mol. The number of allylic oxidation sites excluding steroid dienone is 1. The first kappa shape index (κ1) is 16.0. The molecule has 1 unspecified atom stereocenters. The van der Waals surface area contributed by atoms with Crippen LogP contribution < -0.4 is 0 Å². The molecule has 124 valence electrons. The molecule has 2 heterocycles. The highest BCUT2D eigenvalue weighted by atomic mass is 79.9. The van der Waals surface area contributed by atoms with E-state index in [0.717, 1.165) is 31.5 Å². The smallest absolute Gasteiger partial charge is 0.0789 e. The first-order valence-electron chi connectivity index (χ1n) is 8.51. The number of alkyl halides is 1. The van der Waals surface area contributed by atoms with Crippen LogP contribution in [0.1, 0.15) is 28.4 Å². The molecule has 4 rings (SSSR count). The molecule has 1 atom stereocenters. The van der Waals surface area contributed by atoms with E-state index in [0.29, 0.717) is 0 Å². The minimum absolute atomic E-state index is 0.235. The summed E-state index contributed by atoms with van der Waals surface area (Å²) in [5.41, 5.74) is 6.48. The average Bonchev–Trinajstić information content (AvgIpc) is 2.77. The van der Waals surface area contributed by atoms with E-state index in [1.54, 1.807) is 0 Å². The Morgan fingerprint density at radius 1 is 1.08 bits per heavy atom. The maximum Gasteiger partial charge on any atom is 0.0789 e. The Morgan fingerprint density at radius 3 is 2.67 bits per heavy atom. The Labute approximate surface area is 152 Å². The van der Waals surface area contributed by atoms with Gasteiger partial charge in [0.25, 0.3) is 0 Å². The highest BCUT2D eigenvalue weighted by Gasteiger charge is 2.31. The van der Waals surface area contributed by atoms with Gasteiger partial charge in [0.15, 0.2) is 0 Å². The molecular weight excluding hydrogens is 362 g/mol. The van der Waals surface area contributed by atoms with E-state index in [-0.39, 0.29) is 6.04 Å². The molecule has 0 radical (unpaired) electrons. The zero-order valence-electron chi connectivity index (χ0n) is 14.0. The van der Waals surface area contributed by atoms with E-state index in [1.807, 2.05) is 12.3 Å². The molecule has 0 N–H and O–H groups in total. The quantitative estimate of drug-likeness (QED) is 0.737. The predicted molar refractivity (Wildman–Crippen MR) is 103 cm³/mol. The number of nitrogens with zero attached hydrogens (tertiary/aromatic N) is 3. The van der Waals surface area contributed by atoms with Crippen molar-refractivity contribution < 1.29 is 0 Å². The van der Waals surface area contributed by atoms with Crippen molar-refractivity contribution in [2.24, 2.45) is 0 Å². The summed E-state index contributed by atoms with van der Waals surface area (Å²) in [6, 6.07) is 13.3. The molecule has 24 heavy (non-hydrogen) atoms. The fourth-order valence-corrected chi connectivity index (χ4v) is 4.25. The molecule has 1 aliphatic carbocycles. The van der Waals surface area contributed by atoms with E-state index >= 15 is 0 Å². The van der Waals surface area contributed by atoms with Crippen molar-refractivity contribution in [3.05, 3.63) is 65.0 Å². The molecule has 0 saturated carbocycles. The summed E-state index contributed by atoms with van der Waals surface area (Å²) in [7, 11) is 2.20. The lowest BCUT2D eigenvalue weighted by Gasteiger charge is -2.38. The van der Waals surface area contributed by atoms with E-state index in [9.17, 15) is 0 Å². The minimum atomic E-state index is 0.235. The Morgan fingerprint density at radius 2 is 1.88 bits per heavy atom. The van der Waals surface area contributed by atoms with E-state index in [4.69, 9.17) is 4.98 Å². The fraction of sp³-hybridized carbons (Fsp3) is 0.350. The molecule has 0 spiro atoms. The van der Waals surface area contributed by atoms with Crippen LogP contribution in [-0.2, 0) is 0 Å². The third-order valence-corrected chi connectivity index (χ3v) is 5.71. The highest BCUT2D eigenvalue weighted by Crippen LogP contribution is 2.39. The maximum atomic E-state index is 4.81. The summed E-state index contributed by atoms with van der Waals surface area (Å²) in [6.07, 6.45) is 4.23. The predicted octanol–water partition coefficient (Wildman–Crippen LogP) is 3.67. The van der Waals surface area contributed by atoms with Gasteiger partial charge in [-0.05, 0) is 41.5 Å². The first-order valence-corrected chi connectivity index (χ1v) is 9.63. The number of hydrogen-bond donors (Lipinski definition) is 0. The molecule has 0 bridgehead atoms. The Hall–Kier alpha value is -1.49. The Balaban J connectivity index is 1.88. The fourth-order valence-electron chi connectivity index (χ4n) is 3.78. The van der Waals surface area contributed by atoms with Crippen LogP contribution in [0, 0.1) is 0 Å². The van der Waals surface area contributed by atoms with Gasteiger partial charge in [0.1, 0.15) is 0 Å². The topological polar surface area (TPSA) is 19.4 Å². The molecule has 4 heteroatoms. The number of benzene rings is 1. The lowest BCUT2D eigenvalue weighted by molar-refractivity contribution is 0.125. The molecule has 1 aliphatic heterocycles. The van der Waals surface area contributed by atoms with Crippen molar-refractivity contribution in [2.75, 3.05) is 38.6 Å². The minimum Gasteiger partial charge on any atom is -0.304 e. The van der Waals surface area contributed by atoms with Crippen LogP contribution in [0.5, 0.6) is 0 Å². The third-order valence-electron chi connectivity index (χ3n) is 5.11. The van der Waals surface area contributed by atoms with Gasteiger partial charge in [-0.15, -0.1) is 0 Å². The van der Waals surface area contributed by atoms with Gasteiger partial charge in [0.05, 0.1) is 11.7 Å². The van der Waals surface area contributed by atoms with Gasteiger partial charge in [-0.1, -0.05) is 46.3 Å². The zero-order valence-corrected chi connectivity index (χ0v) is 15.5. The Bertz CT molecular complexity index is 763. The third kappa shape index (κ3) is 2.83. The number of halogens is 1. The van der Waals surface area contributed by atoms with Gasteiger partial charge in [0, 0.05) is 37.7 Å². The highest BCUT2D eigenvalue weighted by molar-refractivity contribution is 9.09. The molecular formula is C20H22BrN3. The van der Waals surface area contributed by atoms with Crippen LogP contribution in [0.3, 0.4) is 0 Å². The van der Waals surface area contributed by atoms with Gasteiger partial charge < -0.3 is 4.90 Å². The van der Waals surface area contributed by atoms with Crippen LogP contribution in [-0.4, -0.2) is 53.3 Å². The van der Waals surface area contributed by atoms with Crippen molar-refractivity contribution >= 4 is 27.6 Å². The largest absolute Gasteiger partial charge is 0.304 e. The van der Waals surface area contributed by atoms with Gasteiger partial charge in [-0.25, -0.2) is 0 Å². The molecule has 1 aromatic carbocycles. The Kier molecular flexibility index (Phi) is 4.53. The van der Waals surface area contributed by atoms with Crippen molar-refractivity contribution in [3.63, 3.8) is 0 Å². The first-order chi connectivity index (χ1) is 11.8. The van der Waals surface area contributed by atoms with Crippen LogP contribution in [0.4, 0.5) is 0 Å². The summed E-state index contributed by atoms with van der Waals surface area (Å²) in [4.78, 5) is 9.80. The molecule has 1 aromatic heterocycles. The maximum absolute atomic E-state index is 4.81. The number of likely N-dealkylation sites (N-methyl/N-ethyl adjacent to an activating group) is 1. The lowest BCUT2D eigenvalue weighted by Crippen LogP contribution is -2.46. The van der Waals surface area contributed by atoms with Crippen molar-refractivity contribution in [2.45, 2.75) is 6.04 Å². The molecule has 3 nitrogen and oxygen atoms in total. The number of piperazine rings is 1. The van der Waals surface area contributed by atoms with Gasteiger partial charge in [-0.3, -0.25) is 9.88 Å². The molecule has 0 amide bonds. The summed E-state index contributed by atoms with van der Waals surface area (Å²) in [5.74, 6) is 0. The second-order valence-corrected chi connectivity index (χ2v) is 7.17. The van der Waals surface area contributed by atoms with E-state index in [1.165, 1.54) is 28.0 Å². The zero-order chi connectivity index (χ0) is 16.5. The van der Waals surface area contributed by atoms with Crippen molar-refractivity contribution in [1.29, 1.82) is 0 Å². The second-order valence-electron chi connectivity index (χ2n) is 6.61. The SMILES string of the molecule is CN1CCN(C2c3ccccc3C(CBr)=Cc3cccnc32)CC1. The van der Waals surface area contributed by atoms with Crippen LogP contribution in [0.15, 0.2) is 42.6 Å². The van der Waals surface area contributed by atoms with Crippen LogP contribution in [0.2, 0.25) is 0 Å². The summed E-state index contributed by atoms with van der Waals surface area (Å²) in [6.45, 7) is 4.38. The van der Waals surface area contributed by atoms with Crippen molar-refractivity contribution in [1.82, 2.24) is 14.8 Å². The van der Waals surface area contributed by atoms with Gasteiger partial charge in [-0.2, -0.15) is 0 Å². The second kappa shape index (κ2) is 6.79. The van der Waals surface area contributed by atoms with E-state index < -0.39 is 0 Å². The monoisotopic (exact) mass is 383 g/mol. The standard InChI is InChI=1S/C20H22BrN3/c1-23-9-11-24(12-10-23)20-18-7-3-2-6-17(18)16(14-21)13-15-5-4-8-22-19(15)20/h2-8,13,20H,9-12,14H2,1H3.